The van der Waals surface area contributed by atoms with Crippen LogP contribution in [0.5, 0.6) is 0 Å². The van der Waals surface area contributed by atoms with Crippen LogP contribution in [0.25, 0.3) is 0 Å². The number of rotatable bonds is 5. The molecule has 0 aromatic carbocycles. The summed E-state index contributed by atoms with van der Waals surface area (Å²) in [6.45, 7) is 2.47. The van der Waals surface area contributed by atoms with E-state index in [1.807, 2.05) is 0 Å². The maximum absolute atomic E-state index is 11.5. The van der Waals surface area contributed by atoms with Gasteiger partial charge < -0.3 is 4.84 Å². The first-order chi connectivity index (χ1) is 5.06. The van der Waals surface area contributed by atoms with E-state index < -0.39 is 12.6 Å². The molecule has 0 unspecified atom stereocenters. The number of alkyl halides is 3. The highest BCUT2D eigenvalue weighted by atomic mass is 19.4. The Morgan fingerprint density at radius 2 is 2.00 bits per heavy atom. The standard InChI is InChI=1S/C6H12F3NO/c1-2-11-10-5-3-4-6(7,8)9/h10H,2-5H2,1H3. The number of hydrogen-bond donors (Lipinski definition) is 1. The Hall–Kier alpha value is -0.290. The summed E-state index contributed by atoms with van der Waals surface area (Å²) in [6, 6.07) is 0. The Kier molecular flexibility index (Phi) is 5.23. The summed E-state index contributed by atoms with van der Waals surface area (Å²) in [7, 11) is 0. The van der Waals surface area contributed by atoms with Gasteiger partial charge in [0.15, 0.2) is 0 Å². The van der Waals surface area contributed by atoms with Crippen LogP contribution in [0.2, 0.25) is 0 Å². The molecule has 2 nitrogen and oxygen atoms in total. The fourth-order valence-electron chi connectivity index (χ4n) is 0.535. The third kappa shape index (κ3) is 9.71. The van der Waals surface area contributed by atoms with Gasteiger partial charge in [-0.15, -0.1) is 0 Å². The predicted molar refractivity (Wildman–Crippen MR) is 34.9 cm³/mol. The maximum Gasteiger partial charge on any atom is 0.389 e. The molecular formula is C6H12F3NO. The molecule has 0 saturated carbocycles. The molecule has 0 radical (unpaired) electrons. The number of halogens is 3. The summed E-state index contributed by atoms with van der Waals surface area (Å²) in [5, 5.41) is 0. The van der Waals surface area contributed by atoms with Gasteiger partial charge in [0.25, 0.3) is 0 Å². The summed E-state index contributed by atoms with van der Waals surface area (Å²) in [6.07, 6.45) is -4.75. The van der Waals surface area contributed by atoms with E-state index in [9.17, 15) is 13.2 Å². The number of hydroxylamine groups is 1. The third-order valence-electron chi connectivity index (χ3n) is 0.985. The van der Waals surface area contributed by atoms with Crippen molar-refractivity contribution in [3.63, 3.8) is 0 Å². The van der Waals surface area contributed by atoms with Crippen LogP contribution < -0.4 is 5.48 Å². The van der Waals surface area contributed by atoms with Crippen LogP contribution in [-0.2, 0) is 4.84 Å². The normalized spacial score (nSPS) is 12.0. The van der Waals surface area contributed by atoms with Crippen LogP contribution in [0, 0.1) is 0 Å². The molecule has 68 valence electrons. The highest BCUT2D eigenvalue weighted by Crippen LogP contribution is 2.20. The first-order valence-electron chi connectivity index (χ1n) is 3.47. The fraction of sp³-hybridized carbons (Fsp3) is 1.00. The van der Waals surface area contributed by atoms with Gasteiger partial charge in [-0.3, -0.25) is 0 Å². The SMILES string of the molecule is CCONCCCC(F)(F)F. The molecule has 0 aliphatic heterocycles. The molecule has 5 heteroatoms. The van der Waals surface area contributed by atoms with Crippen LogP contribution in [-0.4, -0.2) is 19.3 Å². The lowest BCUT2D eigenvalue weighted by atomic mass is 10.3. The van der Waals surface area contributed by atoms with Gasteiger partial charge in [-0.2, -0.15) is 13.2 Å². The summed E-state index contributed by atoms with van der Waals surface area (Å²) in [5.74, 6) is 0. The van der Waals surface area contributed by atoms with Crippen LogP contribution in [0.3, 0.4) is 0 Å². The molecule has 0 fully saturated rings. The lowest BCUT2D eigenvalue weighted by Crippen LogP contribution is -2.18. The van der Waals surface area contributed by atoms with Gasteiger partial charge in [0.1, 0.15) is 0 Å². The highest BCUT2D eigenvalue weighted by molar-refractivity contribution is 4.50. The Morgan fingerprint density at radius 3 is 2.45 bits per heavy atom. The first kappa shape index (κ1) is 10.7. The minimum Gasteiger partial charge on any atom is -0.302 e. The topological polar surface area (TPSA) is 21.3 Å². The van der Waals surface area contributed by atoms with E-state index in [0.717, 1.165) is 0 Å². The second kappa shape index (κ2) is 5.37. The van der Waals surface area contributed by atoms with Crippen molar-refractivity contribution in [3.8, 4) is 0 Å². The van der Waals surface area contributed by atoms with Crippen molar-refractivity contribution < 1.29 is 18.0 Å². The minimum absolute atomic E-state index is 0.0590. The average molecular weight is 171 g/mol. The lowest BCUT2D eigenvalue weighted by Gasteiger charge is -2.05. The van der Waals surface area contributed by atoms with Gasteiger partial charge in [0.05, 0.1) is 6.61 Å². The summed E-state index contributed by atoms with van der Waals surface area (Å²) in [4.78, 5) is 4.63. The van der Waals surface area contributed by atoms with Crippen molar-refractivity contribution in [2.75, 3.05) is 13.2 Å². The van der Waals surface area contributed by atoms with Gasteiger partial charge in [0, 0.05) is 13.0 Å². The smallest absolute Gasteiger partial charge is 0.302 e. The van der Waals surface area contributed by atoms with E-state index in [2.05, 4.69) is 10.3 Å². The Bertz CT molecular complexity index is 94.3. The molecule has 0 aromatic heterocycles. The summed E-state index contributed by atoms with van der Waals surface area (Å²) >= 11 is 0. The molecule has 1 N–H and O–H groups in total. The van der Waals surface area contributed by atoms with Crippen molar-refractivity contribution in [2.45, 2.75) is 25.9 Å². The molecule has 0 heterocycles. The van der Waals surface area contributed by atoms with Crippen molar-refractivity contribution >= 4 is 0 Å². The fourth-order valence-corrected chi connectivity index (χ4v) is 0.535. The quantitative estimate of drug-likeness (QED) is 0.503. The number of hydrogen-bond acceptors (Lipinski definition) is 2. The molecule has 0 saturated heterocycles. The largest absolute Gasteiger partial charge is 0.389 e. The third-order valence-corrected chi connectivity index (χ3v) is 0.985. The zero-order valence-corrected chi connectivity index (χ0v) is 6.37. The average Bonchev–Trinajstić information content (AvgIpc) is 1.85. The molecule has 0 aromatic rings. The van der Waals surface area contributed by atoms with Crippen molar-refractivity contribution in [1.82, 2.24) is 5.48 Å². The van der Waals surface area contributed by atoms with Crippen molar-refractivity contribution in [3.05, 3.63) is 0 Å². The van der Waals surface area contributed by atoms with E-state index in [1.165, 1.54) is 0 Å². The maximum atomic E-state index is 11.5. The minimum atomic E-state index is -4.05. The van der Waals surface area contributed by atoms with Crippen LogP contribution >= 0.6 is 0 Å². The van der Waals surface area contributed by atoms with Crippen LogP contribution in [0.15, 0.2) is 0 Å². The summed E-state index contributed by atoms with van der Waals surface area (Å²) in [5.41, 5.74) is 2.41. The van der Waals surface area contributed by atoms with E-state index in [4.69, 9.17) is 0 Å². The second-order valence-corrected chi connectivity index (χ2v) is 2.05. The molecule has 0 bridgehead atoms. The van der Waals surface area contributed by atoms with Crippen LogP contribution in [0.4, 0.5) is 13.2 Å². The lowest BCUT2D eigenvalue weighted by molar-refractivity contribution is -0.136. The molecule has 0 aliphatic carbocycles. The van der Waals surface area contributed by atoms with Gasteiger partial charge >= 0.3 is 6.18 Å². The molecule has 0 amide bonds. The Labute approximate surface area is 63.7 Å². The molecule has 0 aliphatic rings. The van der Waals surface area contributed by atoms with E-state index in [0.29, 0.717) is 6.61 Å². The van der Waals surface area contributed by atoms with Gasteiger partial charge in [0.2, 0.25) is 0 Å². The highest BCUT2D eigenvalue weighted by Gasteiger charge is 2.25. The molecule has 0 spiro atoms. The van der Waals surface area contributed by atoms with Gasteiger partial charge in [-0.05, 0) is 13.3 Å². The monoisotopic (exact) mass is 171 g/mol. The van der Waals surface area contributed by atoms with Gasteiger partial charge in [-0.1, -0.05) is 0 Å². The van der Waals surface area contributed by atoms with Crippen molar-refractivity contribution in [2.24, 2.45) is 0 Å². The van der Waals surface area contributed by atoms with E-state index in [1.54, 1.807) is 6.92 Å². The van der Waals surface area contributed by atoms with Gasteiger partial charge in [-0.25, -0.2) is 5.48 Å². The van der Waals surface area contributed by atoms with E-state index >= 15 is 0 Å². The summed E-state index contributed by atoms with van der Waals surface area (Å²) < 4.78 is 34.5. The zero-order chi connectivity index (χ0) is 8.74. The zero-order valence-electron chi connectivity index (χ0n) is 6.37. The molecule has 0 atom stereocenters. The van der Waals surface area contributed by atoms with Crippen LogP contribution in [0.1, 0.15) is 19.8 Å². The predicted octanol–water partition coefficient (Wildman–Crippen LogP) is 1.87. The molecule has 11 heavy (non-hydrogen) atoms. The van der Waals surface area contributed by atoms with E-state index in [-0.39, 0.29) is 13.0 Å². The second-order valence-electron chi connectivity index (χ2n) is 2.05. The molecule has 0 rings (SSSR count). The van der Waals surface area contributed by atoms with Crippen molar-refractivity contribution in [1.29, 1.82) is 0 Å². The Morgan fingerprint density at radius 1 is 1.36 bits per heavy atom. The number of nitrogens with one attached hydrogen (secondary N) is 1. The Balaban J connectivity index is 3.02. The molecular weight excluding hydrogens is 159 g/mol. The first-order valence-corrected chi connectivity index (χ1v) is 3.47.